The second-order valence-corrected chi connectivity index (χ2v) is 8.10. The Labute approximate surface area is 183 Å². The van der Waals surface area contributed by atoms with E-state index in [1.54, 1.807) is 25.6 Å². The normalized spacial score (nSPS) is 11.7. The molecule has 152 valence electrons. The molecule has 0 aliphatic heterocycles. The van der Waals surface area contributed by atoms with E-state index in [1.807, 2.05) is 49.6 Å². The molecule has 1 amide bonds. The number of carbonyl (C=O) groups is 1. The van der Waals surface area contributed by atoms with E-state index in [0.29, 0.717) is 15.9 Å². The maximum Gasteiger partial charge on any atom is 0.250 e. The Morgan fingerprint density at radius 1 is 1.30 bits per heavy atom. The van der Waals surface area contributed by atoms with Gasteiger partial charge in [-0.05, 0) is 43.2 Å². The minimum atomic E-state index is -0.243. The molecule has 0 bridgehead atoms. The second-order valence-electron chi connectivity index (χ2n) is 6.77. The predicted molar refractivity (Wildman–Crippen MR) is 122 cm³/mol. The maximum atomic E-state index is 12.4. The first kappa shape index (κ1) is 20.2. The molecule has 1 N–H and O–H groups in total. The van der Waals surface area contributed by atoms with Gasteiger partial charge in [0.25, 0.3) is 0 Å². The van der Waals surface area contributed by atoms with E-state index in [1.165, 1.54) is 11.3 Å². The van der Waals surface area contributed by atoms with Gasteiger partial charge in [-0.1, -0.05) is 23.7 Å². The highest BCUT2D eigenvalue weighted by Crippen LogP contribution is 2.40. The summed E-state index contributed by atoms with van der Waals surface area (Å²) in [6, 6.07) is 9.60. The summed E-state index contributed by atoms with van der Waals surface area (Å²) in [5, 5.41) is 6.76. The SMILES string of the molecule is COc1c(/C(C)=C/C(=O)Nc2nccs2)cc2c(-c3ccc(Cl)cc3)coc2c1C. The van der Waals surface area contributed by atoms with Gasteiger partial charge < -0.3 is 9.15 Å². The molecule has 4 aromatic rings. The summed E-state index contributed by atoms with van der Waals surface area (Å²) in [5.74, 6) is 0.433. The Bertz CT molecular complexity index is 1240. The van der Waals surface area contributed by atoms with Gasteiger partial charge in [0, 0.05) is 44.8 Å². The zero-order valence-corrected chi connectivity index (χ0v) is 18.2. The van der Waals surface area contributed by atoms with Crippen molar-refractivity contribution in [2.45, 2.75) is 13.8 Å². The third-order valence-corrected chi connectivity index (χ3v) is 5.78. The Morgan fingerprint density at radius 3 is 2.73 bits per heavy atom. The number of carbonyl (C=O) groups excluding carboxylic acids is 1. The molecule has 0 radical (unpaired) electrons. The molecular weight excluding hydrogens is 420 g/mol. The summed E-state index contributed by atoms with van der Waals surface area (Å²) in [4.78, 5) is 16.5. The van der Waals surface area contributed by atoms with Gasteiger partial charge in [-0.2, -0.15) is 0 Å². The van der Waals surface area contributed by atoms with Gasteiger partial charge in [0.05, 0.1) is 13.4 Å². The van der Waals surface area contributed by atoms with Crippen molar-refractivity contribution in [2.24, 2.45) is 0 Å². The van der Waals surface area contributed by atoms with Gasteiger partial charge in [-0.3, -0.25) is 10.1 Å². The molecule has 0 saturated carbocycles. The van der Waals surface area contributed by atoms with E-state index in [2.05, 4.69) is 10.3 Å². The molecule has 4 rings (SSSR count). The molecule has 2 aromatic carbocycles. The van der Waals surface area contributed by atoms with Crippen LogP contribution in [-0.4, -0.2) is 18.0 Å². The summed E-state index contributed by atoms with van der Waals surface area (Å²) in [5.41, 5.74) is 5.17. The van der Waals surface area contributed by atoms with Crippen LogP contribution in [0.3, 0.4) is 0 Å². The molecule has 0 unspecified atom stereocenters. The first-order valence-corrected chi connectivity index (χ1v) is 10.5. The highest BCUT2D eigenvalue weighted by atomic mass is 35.5. The van der Waals surface area contributed by atoms with Gasteiger partial charge in [-0.15, -0.1) is 11.3 Å². The summed E-state index contributed by atoms with van der Waals surface area (Å²) in [7, 11) is 1.61. The van der Waals surface area contributed by atoms with E-state index in [4.69, 9.17) is 20.8 Å². The third-order valence-electron chi connectivity index (χ3n) is 4.84. The Hall–Kier alpha value is -3.09. The molecule has 0 aliphatic rings. The number of fused-ring (bicyclic) bond motifs is 1. The van der Waals surface area contributed by atoms with Crippen molar-refractivity contribution in [3.63, 3.8) is 0 Å². The van der Waals surface area contributed by atoms with Gasteiger partial charge in [0.1, 0.15) is 11.3 Å². The van der Waals surface area contributed by atoms with Crippen LogP contribution in [0.15, 0.2) is 58.7 Å². The molecular formula is C23H19ClN2O3S. The molecule has 7 heteroatoms. The molecule has 0 fully saturated rings. The molecule has 30 heavy (non-hydrogen) atoms. The molecule has 5 nitrogen and oxygen atoms in total. The lowest BCUT2D eigenvalue weighted by Crippen LogP contribution is -2.08. The monoisotopic (exact) mass is 438 g/mol. The number of amides is 1. The number of rotatable bonds is 5. The van der Waals surface area contributed by atoms with E-state index in [-0.39, 0.29) is 5.91 Å². The topological polar surface area (TPSA) is 64.4 Å². The minimum Gasteiger partial charge on any atom is -0.496 e. The smallest absolute Gasteiger partial charge is 0.250 e. The molecule has 2 heterocycles. The largest absolute Gasteiger partial charge is 0.496 e. The number of hydrogen-bond donors (Lipinski definition) is 1. The van der Waals surface area contributed by atoms with Crippen LogP contribution in [0.2, 0.25) is 5.02 Å². The second kappa shape index (κ2) is 8.34. The molecule has 0 saturated heterocycles. The maximum absolute atomic E-state index is 12.4. The zero-order chi connectivity index (χ0) is 21.3. The summed E-state index contributed by atoms with van der Waals surface area (Å²) >= 11 is 7.40. The Balaban J connectivity index is 1.80. The number of allylic oxidation sites excluding steroid dienone is 1. The van der Waals surface area contributed by atoms with Crippen molar-refractivity contribution in [1.82, 2.24) is 4.98 Å². The third kappa shape index (κ3) is 3.84. The van der Waals surface area contributed by atoms with Crippen LogP contribution in [0.1, 0.15) is 18.1 Å². The van der Waals surface area contributed by atoms with Crippen LogP contribution in [0.4, 0.5) is 5.13 Å². The van der Waals surface area contributed by atoms with E-state index < -0.39 is 0 Å². The molecule has 2 aromatic heterocycles. The van der Waals surface area contributed by atoms with E-state index in [9.17, 15) is 4.79 Å². The van der Waals surface area contributed by atoms with Crippen molar-refractivity contribution in [1.29, 1.82) is 0 Å². The highest BCUT2D eigenvalue weighted by Gasteiger charge is 2.19. The van der Waals surface area contributed by atoms with E-state index in [0.717, 1.165) is 38.8 Å². The minimum absolute atomic E-state index is 0.243. The number of thiazole rings is 1. The Kier molecular flexibility index (Phi) is 5.61. The van der Waals surface area contributed by atoms with Gasteiger partial charge in [0.15, 0.2) is 5.13 Å². The fraction of sp³-hybridized carbons (Fsp3) is 0.130. The number of aromatic nitrogens is 1. The average Bonchev–Trinajstić information content (AvgIpc) is 3.38. The lowest BCUT2D eigenvalue weighted by molar-refractivity contribution is -0.111. The molecule has 0 spiro atoms. The van der Waals surface area contributed by atoms with Crippen LogP contribution >= 0.6 is 22.9 Å². The summed E-state index contributed by atoms with van der Waals surface area (Å²) in [6.07, 6.45) is 4.93. The van der Waals surface area contributed by atoms with Crippen LogP contribution < -0.4 is 10.1 Å². The number of hydrogen-bond acceptors (Lipinski definition) is 5. The van der Waals surface area contributed by atoms with Gasteiger partial charge >= 0.3 is 0 Å². The van der Waals surface area contributed by atoms with Crippen molar-refractivity contribution < 1.29 is 13.9 Å². The van der Waals surface area contributed by atoms with Crippen LogP contribution in [-0.2, 0) is 4.79 Å². The fourth-order valence-corrected chi connectivity index (χ4v) is 4.08. The van der Waals surface area contributed by atoms with Crippen LogP contribution in [0, 0.1) is 6.92 Å². The van der Waals surface area contributed by atoms with Crippen LogP contribution in [0.5, 0.6) is 5.75 Å². The molecule has 0 atom stereocenters. The van der Waals surface area contributed by atoms with Crippen molar-refractivity contribution in [3.8, 4) is 16.9 Å². The number of aryl methyl sites for hydroxylation is 1. The number of ether oxygens (including phenoxy) is 1. The van der Waals surface area contributed by atoms with Crippen molar-refractivity contribution in [3.05, 3.63) is 70.4 Å². The fourth-order valence-electron chi connectivity index (χ4n) is 3.43. The standard InChI is InChI=1S/C23H19ClN2O3S/c1-13(10-20(27)26-23-25-8-9-30-23)17-11-18-19(15-4-6-16(24)7-5-15)12-29-22(18)14(2)21(17)28-3/h4-12H,1-3H3,(H,25,26,27)/b13-10+. The number of furan rings is 1. The summed E-state index contributed by atoms with van der Waals surface area (Å²) in [6.45, 7) is 3.83. The number of halogens is 1. The first-order chi connectivity index (χ1) is 14.5. The predicted octanol–water partition coefficient (Wildman–Crippen LogP) is 6.57. The number of benzene rings is 2. The first-order valence-electron chi connectivity index (χ1n) is 9.22. The van der Waals surface area contributed by atoms with Crippen molar-refractivity contribution in [2.75, 3.05) is 12.4 Å². The zero-order valence-electron chi connectivity index (χ0n) is 16.7. The molecule has 0 aliphatic carbocycles. The number of methoxy groups -OCH3 is 1. The lowest BCUT2D eigenvalue weighted by atomic mass is 9.96. The average molecular weight is 439 g/mol. The van der Waals surface area contributed by atoms with Crippen LogP contribution in [0.25, 0.3) is 27.7 Å². The van der Waals surface area contributed by atoms with Crippen molar-refractivity contribution >= 4 is 50.5 Å². The van der Waals surface area contributed by atoms with Gasteiger partial charge in [0.2, 0.25) is 5.91 Å². The van der Waals surface area contributed by atoms with Gasteiger partial charge in [-0.25, -0.2) is 4.98 Å². The van der Waals surface area contributed by atoms with E-state index >= 15 is 0 Å². The summed E-state index contributed by atoms with van der Waals surface area (Å²) < 4.78 is 11.5. The Morgan fingerprint density at radius 2 is 2.07 bits per heavy atom. The lowest BCUT2D eigenvalue weighted by Gasteiger charge is -2.13. The quantitative estimate of drug-likeness (QED) is 0.358. The highest BCUT2D eigenvalue weighted by molar-refractivity contribution is 7.13. The number of nitrogens with zero attached hydrogens (tertiary/aromatic N) is 1. The number of anilines is 1. The number of nitrogens with one attached hydrogen (secondary N) is 1.